The molecule has 1 saturated heterocycles. The van der Waals surface area contributed by atoms with Gasteiger partial charge < -0.3 is 9.80 Å². The van der Waals surface area contributed by atoms with Crippen molar-refractivity contribution < 1.29 is 13.2 Å². The molecule has 4 aromatic rings. The fourth-order valence-electron chi connectivity index (χ4n) is 4.15. The highest BCUT2D eigenvalue weighted by Gasteiger charge is 2.30. The van der Waals surface area contributed by atoms with Crippen LogP contribution in [-0.2, 0) is 6.18 Å². The minimum Gasteiger partial charge on any atom is -0.355 e. The Bertz CT molecular complexity index is 1380. The molecule has 176 valence electrons. The van der Waals surface area contributed by atoms with Gasteiger partial charge in [0.1, 0.15) is 10.5 Å². The minimum absolute atomic E-state index is 0.288. The molecular weight excluding hydrogens is 463 g/mol. The van der Waals surface area contributed by atoms with E-state index in [1.807, 2.05) is 12.1 Å². The molecule has 1 fully saturated rings. The smallest absolute Gasteiger partial charge is 0.355 e. The monoisotopic (exact) mass is 485 g/mol. The predicted molar refractivity (Wildman–Crippen MR) is 128 cm³/mol. The van der Waals surface area contributed by atoms with Crippen molar-refractivity contribution in [1.82, 2.24) is 19.7 Å². The minimum atomic E-state index is -4.39. The van der Waals surface area contributed by atoms with E-state index in [4.69, 9.17) is 0 Å². The number of thiophene rings is 1. The lowest BCUT2D eigenvalue weighted by Crippen LogP contribution is -2.31. The summed E-state index contributed by atoms with van der Waals surface area (Å²) < 4.78 is 40.3. The van der Waals surface area contributed by atoms with Crippen molar-refractivity contribution in [3.8, 4) is 16.1 Å². The second-order valence-electron chi connectivity index (χ2n) is 8.56. The number of hydrogen-bond acceptors (Lipinski definition) is 6. The normalized spacial score (nSPS) is 16.6. The van der Waals surface area contributed by atoms with Gasteiger partial charge in [0.2, 0.25) is 0 Å². The van der Waals surface area contributed by atoms with Gasteiger partial charge in [-0.3, -0.25) is 4.79 Å². The Morgan fingerprint density at radius 3 is 2.47 bits per heavy atom. The van der Waals surface area contributed by atoms with E-state index in [0.717, 1.165) is 37.5 Å². The fraction of sp³-hybridized carbons (Fsp3) is 0.292. The van der Waals surface area contributed by atoms with Crippen LogP contribution in [0.1, 0.15) is 12.0 Å². The SMILES string of the molecule is CN(C)C1CCN(c2ccc(-n3ncc4cc(-c5ccc(C(F)(F)F)cc5)sc4c3=O)cn2)C1. The lowest BCUT2D eigenvalue weighted by Gasteiger charge is -2.21. The Labute approximate surface area is 197 Å². The number of nitrogens with zero attached hydrogens (tertiary/aromatic N) is 5. The molecule has 0 N–H and O–H groups in total. The molecule has 1 unspecified atom stereocenters. The summed E-state index contributed by atoms with van der Waals surface area (Å²) in [5.74, 6) is 0.864. The maximum Gasteiger partial charge on any atom is 0.416 e. The van der Waals surface area contributed by atoms with E-state index < -0.39 is 11.7 Å². The summed E-state index contributed by atoms with van der Waals surface area (Å²) >= 11 is 1.24. The van der Waals surface area contributed by atoms with E-state index in [-0.39, 0.29) is 5.56 Å². The zero-order valence-corrected chi connectivity index (χ0v) is 19.4. The van der Waals surface area contributed by atoms with Crippen LogP contribution in [0.3, 0.4) is 0 Å². The van der Waals surface area contributed by atoms with Gasteiger partial charge in [-0.05, 0) is 56.4 Å². The summed E-state index contributed by atoms with van der Waals surface area (Å²) in [5, 5.41) is 4.94. The summed E-state index contributed by atoms with van der Waals surface area (Å²) in [5.41, 5.74) is 0.184. The van der Waals surface area contributed by atoms with Crippen molar-refractivity contribution in [2.24, 2.45) is 0 Å². The third kappa shape index (κ3) is 4.19. The first kappa shape index (κ1) is 22.5. The van der Waals surface area contributed by atoms with Gasteiger partial charge in [-0.15, -0.1) is 11.3 Å². The Kier molecular flexibility index (Phi) is 5.65. The molecule has 0 saturated carbocycles. The molecule has 3 aromatic heterocycles. The first-order valence-corrected chi connectivity index (χ1v) is 11.6. The number of halogens is 3. The van der Waals surface area contributed by atoms with Crippen molar-refractivity contribution in [1.29, 1.82) is 0 Å². The molecule has 10 heteroatoms. The van der Waals surface area contributed by atoms with Crippen LogP contribution < -0.4 is 10.5 Å². The van der Waals surface area contributed by atoms with Crippen LogP contribution in [0.2, 0.25) is 0 Å². The van der Waals surface area contributed by atoms with Crippen molar-refractivity contribution in [3.05, 3.63) is 70.8 Å². The average Bonchev–Trinajstić information content (AvgIpc) is 3.47. The van der Waals surface area contributed by atoms with Crippen LogP contribution in [0.5, 0.6) is 0 Å². The van der Waals surface area contributed by atoms with Crippen molar-refractivity contribution in [3.63, 3.8) is 0 Å². The Balaban J connectivity index is 1.42. The van der Waals surface area contributed by atoms with Crippen LogP contribution in [-0.4, -0.2) is 52.9 Å². The molecule has 1 aromatic carbocycles. The maximum atomic E-state index is 13.1. The van der Waals surface area contributed by atoms with Gasteiger partial charge in [0, 0.05) is 29.4 Å². The first-order chi connectivity index (χ1) is 16.2. The summed E-state index contributed by atoms with van der Waals surface area (Å²) in [4.78, 5) is 22.8. The third-order valence-corrected chi connectivity index (χ3v) is 7.34. The number of fused-ring (bicyclic) bond motifs is 1. The molecule has 4 heterocycles. The molecule has 1 aliphatic rings. The molecule has 1 aliphatic heterocycles. The maximum absolute atomic E-state index is 13.1. The van der Waals surface area contributed by atoms with Gasteiger partial charge in [0.05, 0.1) is 23.6 Å². The molecule has 34 heavy (non-hydrogen) atoms. The van der Waals surface area contributed by atoms with Crippen LogP contribution >= 0.6 is 11.3 Å². The van der Waals surface area contributed by atoms with Gasteiger partial charge in [0.25, 0.3) is 5.56 Å². The molecule has 0 spiro atoms. The fourth-order valence-corrected chi connectivity index (χ4v) is 5.21. The highest BCUT2D eigenvalue weighted by Crippen LogP contribution is 2.34. The van der Waals surface area contributed by atoms with Crippen LogP contribution in [0.15, 0.2) is 59.7 Å². The average molecular weight is 486 g/mol. The Hall–Kier alpha value is -3.24. The topological polar surface area (TPSA) is 54.3 Å². The number of anilines is 1. The van der Waals surface area contributed by atoms with Crippen molar-refractivity contribution in [2.45, 2.75) is 18.6 Å². The molecule has 1 atom stereocenters. The molecular formula is C24H22F3N5OS. The zero-order chi connectivity index (χ0) is 24.0. The van der Waals surface area contributed by atoms with Crippen molar-refractivity contribution >= 4 is 27.2 Å². The van der Waals surface area contributed by atoms with Crippen molar-refractivity contribution in [2.75, 3.05) is 32.1 Å². The summed E-state index contributed by atoms with van der Waals surface area (Å²) in [6.07, 6.45) is -0.0731. The Morgan fingerprint density at radius 1 is 1.09 bits per heavy atom. The zero-order valence-electron chi connectivity index (χ0n) is 18.6. The number of rotatable bonds is 4. The van der Waals surface area contributed by atoms with E-state index in [0.29, 0.717) is 32.3 Å². The van der Waals surface area contributed by atoms with Crippen LogP contribution in [0.25, 0.3) is 26.2 Å². The molecule has 0 aliphatic carbocycles. The van der Waals surface area contributed by atoms with Gasteiger partial charge in [0.15, 0.2) is 0 Å². The standard InChI is InChI=1S/C24H22F3N5OS/c1-30(2)19-9-10-31(14-19)21-8-7-18(13-28-21)32-23(33)22-16(12-29-32)11-20(34-22)15-3-5-17(6-4-15)24(25,26)27/h3-8,11-13,19H,9-10,14H2,1-2H3. The van der Waals surface area contributed by atoms with E-state index in [9.17, 15) is 18.0 Å². The summed E-state index contributed by atoms with van der Waals surface area (Å²) in [6.45, 7) is 1.84. The molecule has 5 rings (SSSR count). The lowest BCUT2D eigenvalue weighted by molar-refractivity contribution is -0.137. The van der Waals surface area contributed by atoms with Gasteiger partial charge in [-0.1, -0.05) is 12.1 Å². The van der Waals surface area contributed by atoms with E-state index in [2.05, 4.69) is 34.0 Å². The van der Waals surface area contributed by atoms with Gasteiger partial charge in [-0.2, -0.15) is 23.0 Å². The molecule has 0 radical (unpaired) electrons. The third-order valence-electron chi connectivity index (χ3n) is 6.15. The molecule has 0 amide bonds. The predicted octanol–water partition coefficient (Wildman–Crippen LogP) is 4.67. The van der Waals surface area contributed by atoms with Gasteiger partial charge >= 0.3 is 6.18 Å². The summed E-state index contributed by atoms with van der Waals surface area (Å²) in [7, 11) is 4.15. The highest BCUT2D eigenvalue weighted by atomic mass is 32.1. The number of alkyl halides is 3. The Morgan fingerprint density at radius 2 is 1.85 bits per heavy atom. The second kappa shape index (κ2) is 8.52. The molecule has 6 nitrogen and oxygen atoms in total. The first-order valence-electron chi connectivity index (χ1n) is 10.8. The quantitative estimate of drug-likeness (QED) is 0.421. The number of aromatic nitrogens is 3. The largest absolute Gasteiger partial charge is 0.416 e. The second-order valence-corrected chi connectivity index (χ2v) is 9.61. The van der Waals surface area contributed by atoms with E-state index in [1.54, 1.807) is 18.5 Å². The number of likely N-dealkylation sites (N-methyl/N-ethyl adjacent to an activating group) is 1. The van der Waals surface area contributed by atoms with Crippen LogP contribution in [0.4, 0.5) is 19.0 Å². The number of pyridine rings is 1. The number of hydrogen-bond donors (Lipinski definition) is 0. The number of benzene rings is 1. The lowest BCUT2D eigenvalue weighted by atomic mass is 10.1. The molecule has 0 bridgehead atoms. The van der Waals surface area contributed by atoms with Crippen LogP contribution in [0, 0.1) is 0 Å². The summed E-state index contributed by atoms with van der Waals surface area (Å²) in [6, 6.07) is 10.9. The van der Waals surface area contributed by atoms with E-state index in [1.165, 1.54) is 28.2 Å². The van der Waals surface area contributed by atoms with Gasteiger partial charge in [-0.25, -0.2) is 4.98 Å². The highest BCUT2D eigenvalue weighted by molar-refractivity contribution is 7.22. The van der Waals surface area contributed by atoms with E-state index >= 15 is 0 Å².